The number of carbonyl (C=O) groups excluding carboxylic acids is 1. The molecular formula is C25H22BrNO3S. The minimum absolute atomic E-state index is 0.0489. The van der Waals surface area contributed by atoms with Crippen molar-refractivity contribution in [2.24, 2.45) is 0 Å². The van der Waals surface area contributed by atoms with Gasteiger partial charge in [-0.15, -0.1) is 0 Å². The standard InChI is InChI=1S/C25H22BrNO3S/c1-2-31(29,30)24(20-11-5-3-6-12-20)22-16-15-19(18-23(22)26)10-9-17-27-25(28)21-13-7-4-8-14-21/h3-8,11-16,18,24H,2,10H2,1H3,(H,27,28). The molecule has 3 rings (SSSR count). The third-order valence-corrected chi connectivity index (χ3v) is 7.54. The molecule has 6 heteroatoms. The van der Waals surface area contributed by atoms with Gasteiger partial charge in [-0.25, -0.2) is 8.42 Å². The Balaban J connectivity index is 1.77. The second-order valence-corrected chi connectivity index (χ2v) is 10.1. The van der Waals surface area contributed by atoms with E-state index in [1.54, 1.807) is 31.2 Å². The molecule has 0 aliphatic carbocycles. The summed E-state index contributed by atoms with van der Waals surface area (Å²) >= 11 is 3.55. The van der Waals surface area contributed by atoms with E-state index in [9.17, 15) is 13.2 Å². The van der Waals surface area contributed by atoms with Crippen LogP contribution in [0.3, 0.4) is 0 Å². The molecule has 0 radical (unpaired) electrons. The normalized spacial score (nSPS) is 11.8. The van der Waals surface area contributed by atoms with E-state index in [4.69, 9.17) is 0 Å². The van der Waals surface area contributed by atoms with E-state index in [1.807, 2.05) is 54.6 Å². The monoisotopic (exact) mass is 495 g/mol. The third-order valence-electron chi connectivity index (χ3n) is 4.80. The summed E-state index contributed by atoms with van der Waals surface area (Å²) in [4.78, 5) is 12.0. The van der Waals surface area contributed by atoms with E-state index in [0.717, 1.165) is 11.1 Å². The van der Waals surface area contributed by atoms with Crippen LogP contribution in [0.1, 0.15) is 39.2 Å². The Kier molecular flexibility index (Phi) is 7.67. The average molecular weight is 496 g/mol. The van der Waals surface area contributed by atoms with Crippen LogP contribution in [0, 0.1) is 12.0 Å². The summed E-state index contributed by atoms with van der Waals surface area (Å²) < 4.78 is 26.4. The first-order valence-electron chi connectivity index (χ1n) is 9.80. The highest BCUT2D eigenvalue weighted by Gasteiger charge is 2.29. The smallest absolute Gasteiger partial charge is 0.262 e. The molecular weight excluding hydrogens is 474 g/mol. The van der Waals surface area contributed by atoms with Gasteiger partial charge in [0, 0.05) is 28.3 Å². The molecule has 0 saturated heterocycles. The Hall–Kier alpha value is -2.88. The number of benzene rings is 3. The van der Waals surface area contributed by atoms with Crippen molar-refractivity contribution in [3.63, 3.8) is 0 Å². The van der Waals surface area contributed by atoms with Crippen LogP contribution < -0.4 is 5.32 Å². The molecule has 1 amide bonds. The summed E-state index contributed by atoms with van der Waals surface area (Å²) in [7, 11) is -3.36. The van der Waals surface area contributed by atoms with Crippen LogP contribution in [0.4, 0.5) is 0 Å². The third kappa shape index (κ3) is 5.84. The van der Waals surface area contributed by atoms with Crippen molar-refractivity contribution in [1.82, 2.24) is 5.32 Å². The lowest BCUT2D eigenvalue weighted by atomic mass is 10.0. The van der Waals surface area contributed by atoms with Gasteiger partial charge in [0.15, 0.2) is 9.84 Å². The van der Waals surface area contributed by atoms with Gasteiger partial charge in [-0.2, -0.15) is 0 Å². The number of halogens is 1. The largest absolute Gasteiger partial charge is 0.281 e. The second-order valence-electron chi connectivity index (χ2n) is 6.90. The molecule has 0 bridgehead atoms. The SMILES string of the molecule is CCS(=O)(=O)C(c1ccccc1)c1ccc(CC#CNC(=O)c2ccccc2)cc1Br. The minimum Gasteiger partial charge on any atom is -0.281 e. The second kappa shape index (κ2) is 10.4. The van der Waals surface area contributed by atoms with E-state index in [-0.39, 0.29) is 11.7 Å². The van der Waals surface area contributed by atoms with Crippen molar-refractivity contribution in [3.8, 4) is 12.0 Å². The van der Waals surface area contributed by atoms with Gasteiger partial charge in [0.1, 0.15) is 5.25 Å². The molecule has 158 valence electrons. The Morgan fingerprint density at radius 3 is 2.26 bits per heavy atom. The van der Waals surface area contributed by atoms with E-state index in [0.29, 0.717) is 22.0 Å². The van der Waals surface area contributed by atoms with Crippen LogP contribution in [0.25, 0.3) is 0 Å². The molecule has 0 fully saturated rings. The van der Waals surface area contributed by atoms with Crippen molar-refractivity contribution in [2.45, 2.75) is 18.6 Å². The van der Waals surface area contributed by atoms with E-state index in [1.165, 1.54) is 0 Å². The van der Waals surface area contributed by atoms with Gasteiger partial charge < -0.3 is 0 Å². The number of sulfone groups is 1. The molecule has 1 N–H and O–H groups in total. The van der Waals surface area contributed by atoms with Gasteiger partial charge in [-0.05, 0) is 34.9 Å². The first-order valence-corrected chi connectivity index (χ1v) is 12.3. The predicted molar refractivity (Wildman–Crippen MR) is 127 cm³/mol. The maximum Gasteiger partial charge on any atom is 0.262 e. The zero-order chi connectivity index (χ0) is 22.3. The quantitative estimate of drug-likeness (QED) is 0.390. The van der Waals surface area contributed by atoms with Crippen LogP contribution >= 0.6 is 15.9 Å². The zero-order valence-corrected chi connectivity index (χ0v) is 19.4. The van der Waals surface area contributed by atoms with Gasteiger partial charge in [0.25, 0.3) is 5.91 Å². The van der Waals surface area contributed by atoms with Crippen LogP contribution in [-0.2, 0) is 16.3 Å². The highest BCUT2D eigenvalue weighted by molar-refractivity contribution is 9.10. The number of hydrogen-bond acceptors (Lipinski definition) is 3. The summed E-state index contributed by atoms with van der Waals surface area (Å²) in [6.07, 6.45) is 0.421. The molecule has 0 saturated carbocycles. The van der Waals surface area contributed by atoms with Crippen LogP contribution in [-0.4, -0.2) is 20.1 Å². The number of amides is 1. The molecule has 0 aliphatic heterocycles. The fraction of sp³-hybridized carbons (Fsp3) is 0.160. The number of rotatable bonds is 6. The summed E-state index contributed by atoms with van der Waals surface area (Å²) in [6.45, 7) is 1.66. The highest BCUT2D eigenvalue weighted by atomic mass is 79.9. The lowest BCUT2D eigenvalue weighted by Crippen LogP contribution is -2.17. The topological polar surface area (TPSA) is 63.2 Å². The van der Waals surface area contributed by atoms with Gasteiger partial charge in [-0.1, -0.05) is 89.4 Å². The molecule has 3 aromatic carbocycles. The van der Waals surface area contributed by atoms with Crippen LogP contribution in [0.5, 0.6) is 0 Å². The van der Waals surface area contributed by atoms with E-state index >= 15 is 0 Å². The minimum atomic E-state index is -3.36. The van der Waals surface area contributed by atoms with E-state index < -0.39 is 15.1 Å². The maximum atomic E-state index is 12.8. The molecule has 0 spiro atoms. The van der Waals surface area contributed by atoms with Crippen molar-refractivity contribution in [3.05, 3.63) is 106 Å². The summed E-state index contributed by atoms with van der Waals surface area (Å²) in [5, 5.41) is 1.83. The van der Waals surface area contributed by atoms with Gasteiger partial charge >= 0.3 is 0 Å². The molecule has 31 heavy (non-hydrogen) atoms. The first kappa shape index (κ1) is 22.8. The van der Waals surface area contributed by atoms with E-state index in [2.05, 4.69) is 33.2 Å². The highest BCUT2D eigenvalue weighted by Crippen LogP contribution is 2.35. The fourth-order valence-electron chi connectivity index (χ4n) is 3.18. The molecule has 0 aliphatic rings. The van der Waals surface area contributed by atoms with Crippen molar-refractivity contribution in [1.29, 1.82) is 0 Å². The van der Waals surface area contributed by atoms with Gasteiger partial charge in [0.2, 0.25) is 0 Å². The zero-order valence-electron chi connectivity index (χ0n) is 17.0. The molecule has 1 atom stereocenters. The van der Waals surface area contributed by atoms with Gasteiger partial charge in [-0.3, -0.25) is 10.1 Å². The predicted octanol–water partition coefficient (Wildman–Crippen LogP) is 4.91. The lowest BCUT2D eigenvalue weighted by Gasteiger charge is -2.19. The molecule has 0 aromatic heterocycles. The van der Waals surface area contributed by atoms with Crippen molar-refractivity contribution < 1.29 is 13.2 Å². The summed E-state index contributed by atoms with van der Waals surface area (Å²) in [5.74, 6) is 2.73. The summed E-state index contributed by atoms with van der Waals surface area (Å²) in [5.41, 5.74) is 2.90. The Morgan fingerprint density at radius 2 is 1.65 bits per heavy atom. The number of hydrogen-bond donors (Lipinski definition) is 1. The van der Waals surface area contributed by atoms with Crippen molar-refractivity contribution >= 4 is 31.7 Å². The number of nitrogens with one attached hydrogen (secondary N) is 1. The molecule has 1 unspecified atom stereocenters. The summed E-state index contributed by atoms with van der Waals surface area (Å²) in [6, 6.07) is 26.4. The fourth-order valence-corrected chi connectivity index (χ4v) is 5.48. The van der Waals surface area contributed by atoms with Crippen LogP contribution in [0.15, 0.2) is 83.3 Å². The Labute approximate surface area is 191 Å². The molecule has 3 aromatic rings. The maximum absolute atomic E-state index is 12.8. The average Bonchev–Trinajstić information content (AvgIpc) is 2.79. The van der Waals surface area contributed by atoms with Crippen LogP contribution in [0.2, 0.25) is 0 Å². The first-order chi connectivity index (χ1) is 14.9. The lowest BCUT2D eigenvalue weighted by molar-refractivity contribution is 0.0973. The molecule has 4 nitrogen and oxygen atoms in total. The number of carbonyl (C=O) groups is 1. The molecule has 0 heterocycles. The van der Waals surface area contributed by atoms with Crippen molar-refractivity contribution in [2.75, 3.05) is 5.75 Å². The van der Waals surface area contributed by atoms with Gasteiger partial charge in [0.05, 0.1) is 0 Å². The Bertz CT molecular complexity index is 1210. The Morgan fingerprint density at radius 1 is 1.00 bits per heavy atom.